The highest BCUT2D eigenvalue weighted by molar-refractivity contribution is 5.85. The number of aliphatic carboxylic acids is 1. The van der Waals surface area contributed by atoms with Gasteiger partial charge < -0.3 is 10.8 Å². The predicted molar refractivity (Wildman–Crippen MR) is 44.2 cm³/mol. The maximum Gasteiger partial charge on any atom is 0.330 e. The Morgan fingerprint density at radius 3 is 2.36 bits per heavy atom. The van der Waals surface area contributed by atoms with Gasteiger partial charge >= 0.3 is 5.97 Å². The van der Waals surface area contributed by atoms with Crippen LogP contribution in [0.3, 0.4) is 0 Å². The molecule has 3 N–H and O–H groups in total. The first-order chi connectivity index (χ1) is 4.89. The highest BCUT2D eigenvalue weighted by Gasteiger charge is 2.13. The highest BCUT2D eigenvalue weighted by Crippen LogP contribution is 2.16. The maximum atomic E-state index is 10.4. The van der Waals surface area contributed by atoms with Gasteiger partial charge in [0.2, 0.25) is 0 Å². The van der Waals surface area contributed by atoms with Crippen molar-refractivity contribution < 1.29 is 9.90 Å². The average molecular weight is 157 g/mol. The molecule has 0 spiro atoms. The third kappa shape index (κ3) is 3.78. The van der Waals surface area contributed by atoms with Crippen molar-refractivity contribution in [1.82, 2.24) is 0 Å². The van der Waals surface area contributed by atoms with Gasteiger partial charge in [-0.1, -0.05) is 19.9 Å². The summed E-state index contributed by atoms with van der Waals surface area (Å²) in [7, 11) is 0. The van der Waals surface area contributed by atoms with Gasteiger partial charge in [0.25, 0.3) is 0 Å². The Labute approximate surface area is 66.9 Å². The second-order valence-corrected chi connectivity index (χ2v) is 3.33. The van der Waals surface area contributed by atoms with Crippen molar-refractivity contribution >= 4 is 5.97 Å². The topological polar surface area (TPSA) is 63.3 Å². The van der Waals surface area contributed by atoms with E-state index in [-0.39, 0.29) is 5.41 Å². The van der Waals surface area contributed by atoms with Crippen molar-refractivity contribution in [1.29, 1.82) is 0 Å². The Bertz CT molecular complexity index is 183. The minimum Gasteiger partial charge on any atom is -0.478 e. The summed E-state index contributed by atoms with van der Waals surface area (Å²) in [5.74, 6) is -0.883. The molecular formula is C8H15NO2. The van der Waals surface area contributed by atoms with E-state index in [1.807, 2.05) is 13.8 Å². The van der Waals surface area contributed by atoms with E-state index >= 15 is 0 Å². The fourth-order valence-electron chi connectivity index (χ4n) is 0.707. The molecule has 0 rings (SSSR count). The number of carboxylic acids is 1. The van der Waals surface area contributed by atoms with Crippen molar-refractivity contribution in [2.24, 2.45) is 11.1 Å². The zero-order valence-corrected chi connectivity index (χ0v) is 7.22. The van der Waals surface area contributed by atoms with E-state index in [0.29, 0.717) is 12.1 Å². The Morgan fingerprint density at radius 1 is 1.64 bits per heavy atom. The van der Waals surface area contributed by atoms with E-state index < -0.39 is 5.97 Å². The monoisotopic (exact) mass is 157 g/mol. The lowest BCUT2D eigenvalue weighted by atomic mass is 9.91. The summed E-state index contributed by atoms with van der Waals surface area (Å²) in [5.41, 5.74) is 5.55. The van der Waals surface area contributed by atoms with Gasteiger partial charge in [-0.2, -0.15) is 0 Å². The Hall–Kier alpha value is -0.830. The minimum atomic E-state index is -0.883. The van der Waals surface area contributed by atoms with Crippen LogP contribution in [0, 0.1) is 5.41 Å². The van der Waals surface area contributed by atoms with Crippen molar-refractivity contribution in [3.05, 3.63) is 11.6 Å². The van der Waals surface area contributed by atoms with Crippen LogP contribution in [-0.4, -0.2) is 17.6 Å². The fraction of sp³-hybridized carbons (Fsp3) is 0.625. The van der Waals surface area contributed by atoms with Crippen molar-refractivity contribution in [2.45, 2.75) is 20.8 Å². The molecule has 0 saturated heterocycles. The summed E-state index contributed by atoms with van der Waals surface area (Å²) >= 11 is 0. The van der Waals surface area contributed by atoms with Gasteiger partial charge in [0, 0.05) is 12.1 Å². The van der Waals surface area contributed by atoms with Gasteiger partial charge in [0.15, 0.2) is 0 Å². The summed E-state index contributed by atoms with van der Waals surface area (Å²) in [6.07, 6.45) is 1.68. The molecule has 0 saturated carbocycles. The number of rotatable bonds is 3. The summed E-state index contributed by atoms with van der Waals surface area (Å²) in [6, 6.07) is 0. The normalized spacial score (nSPS) is 13.3. The van der Waals surface area contributed by atoms with Gasteiger partial charge in [-0.25, -0.2) is 4.79 Å². The number of nitrogens with two attached hydrogens (primary N) is 1. The van der Waals surface area contributed by atoms with Crippen molar-refractivity contribution in [3.8, 4) is 0 Å². The maximum absolute atomic E-state index is 10.4. The van der Waals surface area contributed by atoms with Gasteiger partial charge in [0.05, 0.1) is 0 Å². The van der Waals surface area contributed by atoms with E-state index in [1.54, 1.807) is 13.0 Å². The van der Waals surface area contributed by atoms with Crippen LogP contribution in [-0.2, 0) is 4.79 Å². The summed E-state index contributed by atoms with van der Waals surface area (Å²) < 4.78 is 0. The molecular weight excluding hydrogens is 142 g/mol. The Morgan fingerprint density at radius 2 is 2.09 bits per heavy atom. The van der Waals surface area contributed by atoms with Crippen LogP contribution in [0.15, 0.2) is 11.6 Å². The first-order valence-electron chi connectivity index (χ1n) is 3.52. The van der Waals surface area contributed by atoms with Crippen LogP contribution in [0.2, 0.25) is 0 Å². The zero-order valence-electron chi connectivity index (χ0n) is 7.22. The molecule has 0 aromatic rings. The molecule has 0 aliphatic heterocycles. The number of carbonyl (C=O) groups is 1. The Kier molecular flexibility index (Phi) is 3.26. The van der Waals surface area contributed by atoms with Gasteiger partial charge in [0.1, 0.15) is 0 Å². The average Bonchev–Trinajstić information content (AvgIpc) is 1.87. The highest BCUT2D eigenvalue weighted by atomic mass is 16.4. The summed E-state index contributed by atoms with van der Waals surface area (Å²) in [4.78, 5) is 10.4. The van der Waals surface area contributed by atoms with Gasteiger partial charge in [-0.3, -0.25) is 0 Å². The quantitative estimate of drug-likeness (QED) is 0.601. The number of hydrogen-bond donors (Lipinski definition) is 2. The zero-order chi connectivity index (χ0) is 9.07. The van der Waals surface area contributed by atoms with Gasteiger partial charge in [-0.15, -0.1) is 0 Å². The molecule has 0 radical (unpaired) electrons. The molecule has 0 bridgehead atoms. The lowest BCUT2D eigenvalue weighted by Gasteiger charge is -2.17. The molecule has 0 unspecified atom stereocenters. The number of hydrogen-bond acceptors (Lipinski definition) is 2. The van der Waals surface area contributed by atoms with Crippen molar-refractivity contribution in [2.75, 3.05) is 6.54 Å². The molecule has 0 aromatic carbocycles. The SMILES string of the molecule is CC(=CC(C)(C)CN)C(=O)O. The third-order valence-electron chi connectivity index (χ3n) is 1.47. The summed E-state index contributed by atoms with van der Waals surface area (Å²) in [5, 5.41) is 8.53. The van der Waals surface area contributed by atoms with E-state index in [0.717, 1.165) is 0 Å². The molecule has 11 heavy (non-hydrogen) atoms. The van der Waals surface area contributed by atoms with Crippen LogP contribution in [0.1, 0.15) is 20.8 Å². The largest absolute Gasteiger partial charge is 0.478 e. The third-order valence-corrected chi connectivity index (χ3v) is 1.47. The lowest BCUT2D eigenvalue weighted by Crippen LogP contribution is -2.22. The van der Waals surface area contributed by atoms with Crippen LogP contribution < -0.4 is 5.73 Å². The summed E-state index contributed by atoms with van der Waals surface area (Å²) in [6.45, 7) is 5.83. The molecule has 0 aromatic heterocycles. The van der Waals surface area contributed by atoms with Crippen LogP contribution in [0.5, 0.6) is 0 Å². The molecule has 3 nitrogen and oxygen atoms in total. The van der Waals surface area contributed by atoms with E-state index in [9.17, 15) is 4.79 Å². The van der Waals surface area contributed by atoms with Crippen molar-refractivity contribution in [3.63, 3.8) is 0 Å². The standard InChI is InChI=1S/C8H15NO2/c1-6(7(10)11)4-8(2,3)5-9/h4H,5,9H2,1-3H3,(H,10,11). The molecule has 64 valence electrons. The van der Waals surface area contributed by atoms with Gasteiger partial charge in [-0.05, 0) is 12.3 Å². The molecule has 0 aliphatic rings. The fourth-order valence-corrected chi connectivity index (χ4v) is 0.707. The molecule has 0 heterocycles. The van der Waals surface area contributed by atoms with Crippen LogP contribution in [0.25, 0.3) is 0 Å². The molecule has 0 amide bonds. The van der Waals surface area contributed by atoms with E-state index in [2.05, 4.69) is 0 Å². The molecule has 0 aliphatic carbocycles. The van der Waals surface area contributed by atoms with Crippen LogP contribution >= 0.6 is 0 Å². The minimum absolute atomic E-state index is 0.220. The number of carboxylic acid groups (broad SMARTS) is 1. The first-order valence-corrected chi connectivity index (χ1v) is 3.52. The molecule has 3 heteroatoms. The second-order valence-electron chi connectivity index (χ2n) is 3.33. The Balaban J connectivity index is 4.41. The van der Waals surface area contributed by atoms with E-state index in [4.69, 9.17) is 10.8 Å². The first kappa shape index (κ1) is 10.2. The van der Waals surface area contributed by atoms with E-state index in [1.165, 1.54) is 0 Å². The predicted octanol–water partition coefficient (Wildman–Crippen LogP) is 1.00. The lowest BCUT2D eigenvalue weighted by molar-refractivity contribution is -0.132. The molecule has 0 atom stereocenters. The second kappa shape index (κ2) is 3.53. The smallest absolute Gasteiger partial charge is 0.330 e. The van der Waals surface area contributed by atoms with Crippen LogP contribution in [0.4, 0.5) is 0 Å². The molecule has 0 fully saturated rings.